The zero-order valence-corrected chi connectivity index (χ0v) is 18.7. The van der Waals surface area contributed by atoms with Crippen molar-refractivity contribution in [3.8, 4) is 0 Å². The molecule has 0 unspecified atom stereocenters. The summed E-state index contributed by atoms with van der Waals surface area (Å²) in [6.07, 6.45) is 0.924. The highest BCUT2D eigenvalue weighted by molar-refractivity contribution is 5.84. The van der Waals surface area contributed by atoms with E-state index in [-0.39, 0.29) is 12.5 Å². The van der Waals surface area contributed by atoms with Gasteiger partial charge in [0.05, 0.1) is 12.2 Å². The van der Waals surface area contributed by atoms with Gasteiger partial charge in [0.15, 0.2) is 11.7 Å². The lowest BCUT2D eigenvalue weighted by Crippen LogP contribution is -2.39. The van der Waals surface area contributed by atoms with E-state index in [1.807, 2.05) is 24.3 Å². The number of guanidine groups is 1. The molecule has 1 aromatic heterocycles. The van der Waals surface area contributed by atoms with E-state index in [0.717, 1.165) is 31.0 Å². The van der Waals surface area contributed by atoms with Gasteiger partial charge in [-0.05, 0) is 24.5 Å². The second-order valence-corrected chi connectivity index (χ2v) is 7.72. The van der Waals surface area contributed by atoms with Gasteiger partial charge >= 0.3 is 0 Å². The van der Waals surface area contributed by atoms with Gasteiger partial charge < -0.3 is 25.0 Å². The van der Waals surface area contributed by atoms with Crippen molar-refractivity contribution in [1.29, 1.82) is 0 Å². The molecule has 0 aliphatic rings. The second kappa shape index (κ2) is 11.8. The summed E-state index contributed by atoms with van der Waals surface area (Å²) in [7, 11) is 5.52. The van der Waals surface area contributed by atoms with Crippen molar-refractivity contribution in [2.75, 3.05) is 45.7 Å². The number of amides is 1. The number of aromatic nitrogens is 1. The number of nitrogens with one attached hydrogen (secondary N) is 2. The third-order valence-corrected chi connectivity index (χ3v) is 4.63. The summed E-state index contributed by atoms with van der Waals surface area (Å²) >= 11 is 0. The molecule has 8 heteroatoms. The lowest BCUT2D eigenvalue weighted by molar-refractivity contribution is -0.127. The fourth-order valence-corrected chi connectivity index (χ4v) is 2.65. The number of likely N-dealkylation sites (N-methyl/N-ethyl adjacent to an activating group) is 1. The molecule has 2 aromatic rings. The Hall–Kier alpha value is -3.03. The Balaban J connectivity index is 1.87. The van der Waals surface area contributed by atoms with Crippen LogP contribution in [0.3, 0.4) is 0 Å². The van der Waals surface area contributed by atoms with E-state index >= 15 is 0 Å². The molecule has 0 aliphatic carbocycles. The Labute approximate surface area is 179 Å². The van der Waals surface area contributed by atoms with Gasteiger partial charge in [0, 0.05) is 46.0 Å². The lowest BCUT2D eigenvalue weighted by atomic mass is 10.1. The number of carbonyl (C=O) groups excluding carboxylic acids is 1. The van der Waals surface area contributed by atoms with Crippen molar-refractivity contribution in [3.05, 3.63) is 47.9 Å². The maximum Gasteiger partial charge on any atom is 0.243 e. The van der Waals surface area contributed by atoms with Crippen molar-refractivity contribution >= 4 is 17.6 Å². The molecule has 30 heavy (non-hydrogen) atoms. The molecule has 0 fully saturated rings. The van der Waals surface area contributed by atoms with Crippen LogP contribution in [0.25, 0.3) is 0 Å². The fourth-order valence-electron chi connectivity index (χ4n) is 2.65. The minimum atomic E-state index is -0.0540. The normalized spacial score (nSPS) is 11.5. The molecule has 2 rings (SSSR count). The standard InChI is InChI=1S/C22H34N6O2/c1-17(2)20-14-19(30-26-20)15-24-22(25-16-21(29)27(3)4)23-12-9-13-28(5)18-10-7-6-8-11-18/h6-8,10-11,14,17H,9,12-13,15-16H2,1-5H3,(H2,23,24,25). The quantitative estimate of drug-likeness (QED) is 0.353. The first kappa shape index (κ1) is 23.3. The third kappa shape index (κ3) is 7.77. The number of carbonyl (C=O) groups is 1. The number of hydrogen-bond donors (Lipinski definition) is 2. The number of hydrogen-bond acceptors (Lipinski definition) is 5. The van der Waals surface area contributed by atoms with E-state index in [2.05, 4.69) is 58.7 Å². The predicted octanol–water partition coefficient (Wildman–Crippen LogP) is 2.45. The molecule has 0 spiro atoms. The first-order valence-corrected chi connectivity index (χ1v) is 10.3. The summed E-state index contributed by atoms with van der Waals surface area (Å²) in [6, 6.07) is 12.2. The van der Waals surface area contributed by atoms with E-state index < -0.39 is 0 Å². The zero-order chi connectivity index (χ0) is 21.9. The summed E-state index contributed by atoms with van der Waals surface area (Å²) in [5.74, 6) is 1.57. The van der Waals surface area contributed by atoms with Gasteiger partial charge in [0.2, 0.25) is 5.91 Å². The summed E-state index contributed by atoms with van der Waals surface area (Å²) in [5.41, 5.74) is 2.11. The van der Waals surface area contributed by atoms with Crippen LogP contribution in [-0.2, 0) is 11.3 Å². The van der Waals surface area contributed by atoms with Gasteiger partial charge in [-0.25, -0.2) is 4.99 Å². The topological polar surface area (TPSA) is 86.0 Å². The predicted molar refractivity (Wildman–Crippen MR) is 121 cm³/mol. The van der Waals surface area contributed by atoms with Gasteiger partial charge in [-0.3, -0.25) is 4.79 Å². The first-order chi connectivity index (χ1) is 14.4. The minimum absolute atomic E-state index is 0.0540. The van der Waals surface area contributed by atoms with Crippen LogP contribution in [0.1, 0.15) is 37.6 Å². The van der Waals surface area contributed by atoms with Crippen LogP contribution in [0.2, 0.25) is 0 Å². The smallest absolute Gasteiger partial charge is 0.243 e. The maximum atomic E-state index is 11.9. The Kier molecular flexibility index (Phi) is 9.18. The lowest BCUT2D eigenvalue weighted by Gasteiger charge is -2.19. The van der Waals surface area contributed by atoms with Crippen LogP contribution in [0.15, 0.2) is 45.9 Å². The monoisotopic (exact) mass is 414 g/mol. The average molecular weight is 415 g/mol. The number of benzene rings is 1. The molecular formula is C22H34N6O2. The van der Waals surface area contributed by atoms with Crippen molar-refractivity contribution in [2.45, 2.75) is 32.7 Å². The van der Waals surface area contributed by atoms with Crippen molar-refractivity contribution in [1.82, 2.24) is 20.7 Å². The molecule has 1 aromatic carbocycles. The molecule has 1 amide bonds. The van der Waals surface area contributed by atoms with E-state index in [1.54, 1.807) is 14.1 Å². The summed E-state index contributed by atoms with van der Waals surface area (Å²) in [4.78, 5) is 20.0. The van der Waals surface area contributed by atoms with Crippen LogP contribution >= 0.6 is 0 Å². The second-order valence-electron chi connectivity index (χ2n) is 7.72. The summed E-state index contributed by atoms with van der Waals surface area (Å²) in [6.45, 7) is 6.31. The van der Waals surface area contributed by atoms with Gasteiger partial charge in [-0.1, -0.05) is 37.2 Å². The molecular weight excluding hydrogens is 380 g/mol. The molecule has 0 atom stereocenters. The highest BCUT2D eigenvalue weighted by Crippen LogP contribution is 2.13. The van der Waals surface area contributed by atoms with Crippen LogP contribution in [-0.4, -0.2) is 62.7 Å². The Morgan fingerprint density at radius 1 is 1.17 bits per heavy atom. The van der Waals surface area contributed by atoms with Gasteiger partial charge in [-0.15, -0.1) is 0 Å². The highest BCUT2D eigenvalue weighted by atomic mass is 16.5. The molecule has 8 nitrogen and oxygen atoms in total. The minimum Gasteiger partial charge on any atom is -0.375 e. The number of anilines is 1. The van der Waals surface area contributed by atoms with E-state index in [0.29, 0.717) is 18.4 Å². The Morgan fingerprint density at radius 3 is 2.53 bits per heavy atom. The molecule has 0 saturated carbocycles. The van der Waals surface area contributed by atoms with Crippen molar-refractivity contribution in [3.63, 3.8) is 0 Å². The highest BCUT2D eigenvalue weighted by Gasteiger charge is 2.09. The average Bonchev–Trinajstić information content (AvgIpc) is 3.22. The van der Waals surface area contributed by atoms with E-state index in [9.17, 15) is 4.79 Å². The SMILES string of the molecule is CC(C)c1cc(CNC(=NCC(=O)N(C)C)NCCCN(C)c2ccccc2)on1. The number of rotatable bonds is 10. The third-order valence-electron chi connectivity index (χ3n) is 4.63. The van der Waals surface area contributed by atoms with Crippen LogP contribution in [0, 0.1) is 0 Å². The fraction of sp³-hybridized carbons (Fsp3) is 0.500. The molecule has 0 bridgehead atoms. The van der Waals surface area contributed by atoms with Gasteiger partial charge in [0.25, 0.3) is 0 Å². The number of para-hydroxylation sites is 1. The van der Waals surface area contributed by atoms with Gasteiger partial charge in [-0.2, -0.15) is 0 Å². The number of aliphatic imine (C=N–C) groups is 1. The number of nitrogens with zero attached hydrogens (tertiary/aromatic N) is 4. The molecule has 2 N–H and O–H groups in total. The van der Waals surface area contributed by atoms with Crippen LogP contribution in [0.5, 0.6) is 0 Å². The molecule has 1 heterocycles. The van der Waals surface area contributed by atoms with E-state index in [4.69, 9.17) is 4.52 Å². The summed E-state index contributed by atoms with van der Waals surface area (Å²) in [5, 5.41) is 10.6. The van der Waals surface area contributed by atoms with E-state index in [1.165, 1.54) is 10.6 Å². The van der Waals surface area contributed by atoms with Crippen LogP contribution < -0.4 is 15.5 Å². The van der Waals surface area contributed by atoms with Gasteiger partial charge in [0.1, 0.15) is 6.54 Å². The first-order valence-electron chi connectivity index (χ1n) is 10.3. The molecule has 0 radical (unpaired) electrons. The Morgan fingerprint density at radius 2 is 1.90 bits per heavy atom. The largest absolute Gasteiger partial charge is 0.375 e. The molecule has 0 saturated heterocycles. The van der Waals surface area contributed by atoms with Crippen molar-refractivity contribution in [2.24, 2.45) is 4.99 Å². The zero-order valence-electron chi connectivity index (χ0n) is 18.7. The summed E-state index contributed by atoms with van der Waals surface area (Å²) < 4.78 is 5.37. The molecule has 164 valence electrons. The maximum absolute atomic E-state index is 11.9. The Bertz CT molecular complexity index is 801. The van der Waals surface area contributed by atoms with Crippen molar-refractivity contribution < 1.29 is 9.32 Å². The molecule has 0 aliphatic heterocycles. The van der Waals surface area contributed by atoms with Crippen LogP contribution in [0.4, 0.5) is 5.69 Å².